The Kier molecular flexibility index (Phi) is 4.88. The maximum atomic E-state index is 12.6. The molecule has 1 saturated heterocycles. The van der Waals surface area contributed by atoms with Gasteiger partial charge in [-0.2, -0.15) is 0 Å². The van der Waals surface area contributed by atoms with Gasteiger partial charge in [0.15, 0.2) is 5.82 Å². The first-order valence-electron chi connectivity index (χ1n) is 8.97. The smallest absolute Gasteiger partial charge is 0.225 e. The molecule has 1 aliphatic heterocycles. The number of rotatable bonds is 3. The topological polar surface area (TPSA) is 72.1 Å². The van der Waals surface area contributed by atoms with Crippen LogP contribution in [0.5, 0.6) is 0 Å². The standard InChI is InChI=1S/C19H26N4O2/c1-11(2)19(24)23-9-7-6-8-16(23)18-20-12(3)10-15(21-18)17-13(4)22-25-14(17)5/h10-11,16H,6-9H2,1-5H3. The van der Waals surface area contributed by atoms with Crippen molar-refractivity contribution < 1.29 is 9.32 Å². The largest absolute Gasteiger partial charge is 0.361 e. The van der Waals surface area contributed by atoms with Crippen molar-refractivity contribution in [2.75, 3.05) is 6.54 Å². The Balaban J connectivity index is 2.03. The van der Waals surface area contributed by atoms with Crippen LogP contribution in [0.15, 0.2) is 10.6 Å². The third-order valence-corrected chi connectivity index (χ3v) is 4.74. The summed E-state index contributed by atoms with van der Waals surface area (Å²) in [4.78, 5) is 24.1. The average Bonchev–Trinajstić information content (AvgIpc) is 2.92. The first kappa shape index (κ1) is 17.6. The summed E-state index contributed by atoms with van der Waals surface area (Å²) in [6.45, 7) is 10.4. The predicted octanol–water partition coefficient (Wildman–Crippen LogP) is 3.77. The van der Waals surface area contributed by atoms with Crippen LogP contribution in [0.1, 0.15) is 62.1 Å². The van der Waals surface area contributed by atoms with Crippen LogP contribution >= 0.6 is 0 Å². The highest BCUT2D eigenvalue weighted by molar-refractivity contribution is 5.78. The van der Waals surface area contributed by atoms with E-state index in [1.165, 1.54) is 0 Å². The summed E-state index contributed by atoms with van der Waals surface area (Å²) in [7, 11) is 0. The minimum atomic E-state index is -0.0530. The molecule has 25 heavy (non-hydrogen) atoms. The van der Waals surface area contributed by atoms with Crippen LogP contribution in [0.25, 0.3) is 11.3 Å². The molecule has 1 aliphatic rings. The van der Waals surface area contributed by atoms with Crippen LogP contribution in [0.2, 0.25) is 0 Å². The molecule has 0 spiro atoms. The highest BCUT2D eigenvalue weighted by Crippen LogP contribution is 2.32. The zero-order valence-corrected chi connectivity index (χ0v) is 15.7. The van der Waals surface area contributed by atoms with E-state index in [1.807, 2.05) is 45.6 Å². The fraction of sp³-hybridized carbons (Fsp3) is 0.579. The van der Waals surface area contributed by atoms with Crippen LogP contribution in [0.4, 0.5) is 0 Å². The summed E-state index contributed by atoms with van der Waals surface area (Å²) < 4.78 is 5.29. The van der Waals surface area contributed by atoms with Crippen molar-refractivity contribution in [3.05, 3.63) is 29.0 Å². The minimum Gasteiger partial charge on any atom is -0.361 e. The molecule has 1 amide bonds. The zero-order valence-electron chi connectivity index (χ0n) is 15.7. The van der Waals surface area contributed by atoms with E-state index in [0.717, 1.165) is 60.0 Å². The summed E-state index contributed by atoms with van der Waals surface area (Å²) in [5.41, 5.74) is 3.45. The Morgan fingerprint density at radius 2 is 2.00 bits per heavy atom. The van der Waals surface area contributed by atoms with E-state index < -0.39 is 0 Å². The first-order chi connectivity index (χ1) is 11.9. The molecule has 0 radical (unpaired) electrons. The number of piperidine rings is 1. The highest BCUT2D eigenvalue weighted by atomic mass is 16.5. The van der Waals surface area contributed by atoms with Crippen LogP contribution in [0.3, 0.4) is 0 Å². The van der Waals surface area contributed by atoms with Crippen molar-refractivity contribution in [1.29, 1.82) is 0 Å². The van der Waals surface area contributed by atoms with Crippen LogP contribution in [-0.2, 0) is 4.79 Å². The molecular formula is C19H26N4O2. The molecule has 2 aromatic heterocycles. The number of likely N-dealkylation sites (tertiary alicyclic amines) is 1. The lowest BCUT2D eigenvalue weighted by Crippen LogP contribution is -2.41. The van der Waals surface area contributed by atoms with Gasteiger partial charge in [0.2, 0.25) is 5.91 Å². The van der Waals surface area contributed by atoms with Gasteiger partial charge in [0.1, 0.15) is 5.76 Å². The molecule has 3 heterocycles. The minimum absolute atomic E-state index is 0.0209. The van der Waals surface area contributed by atoms with Gasteiger partial charge < -0.3 is 9.42 Å². The molecular weight excluding hydrogens is 316 g/mol. The quantitative estimate of drug-likeness (QED) is 0.849. The molecule has 6 heteroatoms. The van der Waals surface area contributed by atoms with E-state index in [9.17, 15) is 4.79 Å². The van der Waals surface area contributed by atoms with Crippen molar-refractivity contribution >= 4 is 5.91 Å². The number of amides is 1. The monoisotopic (exact) mass is 342 g/mol. The van der Waals surface area contributed by atoms with Crippen molar-refractivity contribution in [3.63, 3.8) is 0 Å². The van der Waals surface area contributed by atoms with Crippen molar-refractivity contribution in [3.8, 4) is 11.3 Å². The third-order valence-electron chi connectivity index (χ3n) is 4.74. The summed E-state index contributed by atoms with van der Waals surface area (Å²) >= 11 is 0. The Labute approximate surface area is 148 Å². The first-order valence-corrected chi connectivity index (χ1v) is 8.97. The Bertz CT molecular complexity index is 762. The van der Waals surface area contributed by atoms with Gasteiger partial charge in [0, 0.05) is 18.2 Å². The third kappa shape index (κ3) is 3.43. The molecule has 0 aromatic carbocycles. The van der Waals surface area contributed by atoms with Gasteiger partial charge in [0.25, 0.3) is 0 Å². The second kappa shape index (κ2) is 6.94. The predicted molar refractivity (Wildman–Crippen MR) is 94.9 cm³/mol. The fourth-order valence-electron chi connectivity index (χ4n) is 3.51. The molecule has 0 bridgehead atoms. The number of aromatic nitrogens is 3. The number of aryl methyl sites for hydroxylation is 3. The Morgan fingerprint density at radius 3 is 2.64 bits per heavy atom. The summed E-state index contributed by atoms with van der Waals surface area (Å²) in [6, 6.07) is 1.90. The Hall–Kier alpha value is -2.24. The van der Waals surface area contributed by atoms with E-state index in [1.54, 1.807) is 0 Å². The zero-order chi connectivity index (χ0) is 18.1. The SMILES string of the molecule is Cc1cc(-c2c(C)noc2C)nc(C2CCCCN2C(=O)C(C)C)n1. The van der Waals surface area contributed by atoms with Crippen molar-refractivity contribution in [2.45, 2.75) is 59.9 Å². The summed E-state index contributed by atoms with van der Waals surface area (Å²) in [5.74, 6) is 1.63. The lowest BCUT2D eigenvalue weighted by atomic mass is 9.99. The van der Waals surface area contributed by atoms with Gasteiger partial charge in [-0.3, -0.25) is 4.79 Å². The molecule has 0 saturated carbocycles. The normalized spacial score (nSPS) is 18.0. The van der Waals surface area contributed by atoms with Gasteiger partial charge in [-0.1, -0.05) is 19.0 Å². The molecule has 134 valence electrons. The number of hydrogen-bond acceptors (Lipinski definition) is 5. The van der Waals surface area contributed by atoms with E-state index >= 15 is 0 Å². The van der Waals surface area contributed by atoms with Gasteiger partial charge in [-0.15, -0.1) is 0 Å². The molecule has 3 rings (SSSR count). The number of carbonyl (C=O) groups excluding carboxylic acids is 1. The average molecular weight is 342 g/mol. The van der Waals surface area contributed by atoms with Gasteiger partial charge in [-0.05, 0) is 46.1 Å². The molecule has 1 atom stereocenters. The second-order valence-corrected chi connectivity index (χ2v) is 7.15. The lowest BCUT2D eigenvalue weighted by molar-refractivity contribution is -0.138. The van der Waals surface area contributed by atoms with Crippen molar-refractivity contribution in [2.24, 2.45) is 5.92 Å². The fourth-order valence-corrected chi connectivity index (χ4v) is 3.51. The van der Waals surface area contributed by atoms with Crippen LogP contribution < -0.4 is 0 Å². The maximum Gasteiger partial charge on any atom is 0.225 e. The van der Waals surface area contributed by atoms with E-state index in [4.69, 9.17) is 9.51 Å². The molecule has 0 aliphatic carbocycles. The second-order valence-electron chi connectivity index (χ2n) is 7.15. The lowest BCUT2D eigenvalue weighted by Gasteiger charge is -2.36. The molecule has 2 aromatic rings. The van der Waals surface area contributed by atoms with Gasteiger partial charge >= 0.3 is 0 Å². The number of hydrogen-bond donors (Lipinski definition) is 0. The molecule has 6 nitrogen and oxygen atoms in total. The van der Waals surface area contributed by atoms with Crippen LogP contribution in [-0.4, -0.2) is 32.5 Å². The van der Waals surface area contributed by atoms with Gasteiger partial charge in [-0.25, -0.2) is 9.97 Å². The van der Waals surface area contributed by atoms with E-state index in [2.05, 4.69) is 10.1 Å². The Morgan fingerprint density at radius 1 is 1.24 bits per heavy atom. The van der Waals surface area contributed by atoms with Crippen LogP contribution in [0, 0.1) is 26.7 Å². The van der Waals surface area contributed by atoms with E-state index in [-0.39, 0.29) is 17.9 Å². The molecule has 0 N–H and O–H groups in total. The van der Waals surface area contributed by atoms with Gasteiger partial charge in [0.05, 0.1) is 23.0 Å². The van der Waals surface area contributed by atoms with E-state index in [0.29, 0.717) is 0 Å². The number of nitrogens with zero attached hydrogens (tertiary/aromatic N) is 4. The number of carbonyl (C=O) groups is 1. The molecule has 1 fully saturated rings. The summed E-state index contributed by atoms with van der Waals surface area (Å²) in [5, 5.41) is 4.03. The maximum absolute atomic E-state index is 12.6. The highest BCUT2D eigenvalue weighted by Gasteiger charge is 2.31. The summed E-state index contributed by atoms with van der Waals surface area (Å²) in [6.07, 6.45) is 3.03. The molecule has 1 unspecified atom stereocenters. The van der Waals surface area contributed by atoms with Crippen molar-refractivity contribution in [1.82, 2.24) is 20.0 Å².